The van der Waals surface area contributed by atoms with E-state index in [0.717, 1.165) is 17.4 Å². The minimum Gasteiger partial charge on any atom is -0.369 e. The van der Waals surface area contributed by atoms with Crippen molar-refractivity contribution in [2.75, 3.05) is 11.4 Å². The van der Waals surface area contributed by atoms with E-state index in [1.165, 1.54) is 11.3 Å². The zero-order chi connectivity index (χ0) is 12.1. The van der Waals surface area contributed by atoms with E-state index in [4.69, 9.17) is 5.73 Å². The number of benzene rings is 1. The molecule has 1 rings (SSSR count). The van der Waals surface area contributed by atoms with Gasteiger partial charge in [-0.1, -0.05) is 28.9 Å². The molecule has 2 N–H and O–H groups in total. The van der Waals surface area contributed by atoms with Crippen molar-refractivity contribution in [3.63, 3.8) is 0 Å². The molecule has 0 aliphatic rings. The summed E-state index contributed by atoms with van der Waals surface area (Å²) < 4.78 is 1.11. The Labute approximate surface area is 107 Å². The number of anilines is 1. The Morgan fingerprint density at radius 2 is 2.06 bits per heavy atom. The van der Waals surface area contributed by atoms with Crippen LogP contribution in [0.4, 0.5) is 5.69 Å². The monoisotopic (exact) mass is 284 g/mol. The quantitative estimate of drug-likeness (QED) is 0.896. The molecule has 2 nitrogen and oxygen atoms in total. The summed E-state index contributed by atoms with van der Waals surface area (Å²) in [7, 11) is 0. The third-order valence-corrected chi connectivity index (χ3v) is 3.44. The molecule has 0 bridgehead atoms. The highest BCUT2D eigenvalue weighted by Gasteiger charge is 2.14. The number of hydrogen-bond donors (Lipinski definition) is 1. The molecule has 16 heavy (non-hydrogen) atoms. The first-order chi connectivity index (χ1) is 7.61. The van der Waals surface area contributed by atoms with E-state index < -0.39 is 0 Å². The van der Waals surface area contributed by atoms with Crippen LogP contribution in [-0.4, -0.2) is 12.6 Å². The van der Waals surface area contributed by atoms with Crippen LogP contribution in [0.3, 0.4) is 0 Å². The van der Waals surface area contributed by atoms with Gasteiger partial charge < -0.3 is 10.6 Å². The summed E-state index contributed by atoms with van der Waals surface area (Å²) in [6.45, 7) is 8.29. The predicted octanol–water partition coefficient (Wildman–Crippen LogP) is 3.53. The molecule has 0 aliphatic carbocycles. The Morgan fingerprint density at radius 3 is 2.56 bits per heavy atom. The lowest BCUT2D eigenvalue weighted by Gasteiger charge is -2.31. The van der Waals surface area contributed by atoms with Gasteiger partial charge in [-0.3, -0.25) is 0 Å². The standard InChI is InChI=1S/C13H21BrN2/c1-4-8-16(10(2)3)13-7-5-6-12(14)11(13)9-15/h5-7,10H,4,8-9,15H2,1-3H3. The SMILES string of the molecule is CCCN(c1cccc(Br)c1CN)C(C)C. The van der Waals surface area contributed by atoms with E-state index in [-0.39, 0.29) is 0 Å². The molecule has 90 valence electrons. The number of nitrogens with two attached hydrogens (primary N) is 1. The Bertz CT molecular complexity index is 337. The van der Waals surface area contributed by atoms with Crippen molar-refractivity contribution in [3.8, 4) is 0 Å². The van der Waals surface area contributed by atoms with Gasteiger partial charge in [-0.25, -0.2) is 0 Å². The van der Waals surface area contributed by atoms with Crippen LogP contribution in [0.2, 0.25) is 0 Å². The molecular weight excluding hydrogens is 264 g/mol. The normalized spacial score (nSPS) is 10.9. The second-order valence-electron chi connectivity index (χ2n) is 4.23. The minimum atomic E-state index is 0.500. The number of hydrogen-bond acceptors (Lipinski definition) is 2. The van der Waals surface area contributed by atoms with E-state index >= 15 is 0 Å². The van der Waals surface area contributed by atoms with Crippen LogP contribution in [0.25, 0.3) is 0 Å². The molecule has 3 heteroatoms. The minimum absolute atomic E-state index is 0.500. The van der Waals surface area contributed by atoms with Gasteiger partial charge in [-0.05, 0) is 32.4 Å². The van der Waals surface area contributed by atoms with Crippen LogP contribution in [0.5, 0.6) is 0 Å². The molecule has 0 spiro atoms. The lowest BCUT2D eigenvalue weighted by molar-refractivity contribution is 0.667. The molecule has 0 fully saturated rings. The summed E-state index contributed by atoms with van der Waals surface area (Å²) >= 11 is 3.57. The van der Waals surface area contributed by atoms with E-state index in [1.54, 1.807) is 0 Å². The third kappa shape index (κ3) is 2.98. The molecule has 1 aromatic carbocycles. The van der Waals surface area contributed by atoms with Gasteiger partial charge >= 0.3 is 0 Å². The van der Waals surface area contributed by atoms with Crippen LogP contribution >= 0.6 is 15.9 Å². The van der Waals surface area contributed by atoms with Crippen LogP contribution in [0.15, 0.2) is 22.7 Å². The van der Waals surface area contributed by atoms with Crippen molar-refractivity contribution < 1.29 is 0 Å². The fraction of sp³-hybridized carbons (Fsp3) is 0.538. The van der Waals surface area contributed by atoms with Crippen molar-refractivity contribution in [2.45, 2.75) is 39.8 Å². The van der Waals surface area contributed by atoms with Gasteiger partial charge in [0, 0.05) is 34.9 Å². The van der Waals surface area contributed by atoms with Crippen molar-refractivity contribution >= 4 is 21.6 Å². The van der Waals surface area contributed by atoms with Crippen LogP contribution in [0, 0.1) is 0 Å². The van der Waals surface area contributed by atoms with Gasteiger partial charge in [-0.2, -0.15) is 0 Å². The van der Waals surface area contributed by atoms with Crippen LogP contribution in [0.1, 0.15) is 32.8 Å². The smallest absolute Gasteiger partial charge is 0.0425 e. The second kappa shape index (κ2) is 6.26. The lowest BCUT2D eigenvalue weighted by atomic mass is 10.1. The summed E-state index contributed by atoms with van der Waals surface area (Å²) in [5, 5.41) is 0. The predicted molar refractivity (Wildman–Crippen MR) is 74.8 cm³/mol. The molecule has 0 aromatic heterocycles. The molecule has 0 unspecified atom stereocenters. The Balaban J connectivity index is 3.12. The fourth-order valence-electron chi connectivity index (χ4n) is 1.92. The van der Waals surface area contributed by atoms with E-state index in [2.05, 4.69) is 59.8 Å². The second-order valence-corrected chi connectivity index (χ2v) is 5.08. The Hall–Kier alpha value is -0.540. The third-order valence-electron chi connectivity index (χ3n) is 2.70. The Kier molecular flexibility index (Phi) is 5.29. The molecule has 0 saturated carbocycles. The van der Waals surface area contributed by atoms with Crippen molar-refractivity contribution in [2.24, 2.45) is 5.73 Å². The first-order valence-corrected chi connectivity index (χ1v) is 6.65. The van der Waals surface area contributed by atoms with Gasteiger partial charge in [0.1, 0.15) is 0 Å². The molecule has 0 amide bonds. The number of halogens is 1. The molecule has 0 radical (unpaired) electrons. The molecule has 1 aromatic rings. The average molecular weight is 285 g/mol. The zero-order valence-corrected chi connectivity index (χ0v) is 11.9. The number of rotatable bonds is 5. The van der Waals surface area contributed by atoms with Crippen molar-refractivity contribution in [1.82, 2.24) is 0 Å². The van der Waals surface area contributed by atoms with Gasteiger partial charge in [0.15, 0.2) is 0 Å². The summed E-state index contributed by atoms with van der Waals surface area (Å²) in [6.07, 6.45) is 1.15. The van der Waals surface area contributed by atoms with Gasteiger partial charge in [0.2, 0.25) is 0 Å². The highest BCUT2D eigenvalue weighted by Crippen LogP contribution is 2.28. The van der Waals surface area contributed by atoms with Crippen LogP contribution < -0.4 is 10.6 Å². The van der Waals surface area contributed by atoms with Crippen molar-refractivity contribution in [1.29, 1.82) is 0 Å². The molecule has 0 heterocycles. The first kappa shape index (κ1) is 13.5. The summed E-state index contributed by atoms with van der Waals surface area (Å²) in [6, 6.07) is 6.78. The van der Waals surface area contributed by atoms with E-state index in [1.807, 2.05) is 0 Å². The van der Waals surface area contributed by atoms with Gasteiger partial charge in [-0.15, -0.1) is 0 Å². The molecular formula is C13H21BrN2. The van der Waals surface area contributed by atoms with Gasteiger partial charge in [0.25, 0.3) is 0 Å². The lowest BCUT2D eigenvalue weighted by Crippen LogP contribution is -2.32. The highest BCUT2D eigenvalue weighted by molar-refractivity contribution is 9.10. The summed E-state index contributed by atoms with van der Waals surface area (Å²) in [5.74, 6) is 0. The maximum atomic E-state index is 5.83. The van der Waals surface area contributed by atoms with Crippen molar-refractivity contribution in [3.05, 3.63) is 28.2 Å². The van der Waals surface area contributed by atoms with E-state index in [9.17, 15) is 0 Å². The summed E-state index contributed by atoms with van der Waals surface area (Å²) in [5.41, 5.74) is 8.29. The molecule has 0 atom stereocenters. The topological polar surface area (TPSA) is 29.3 Å². The summed E-state index contributed by atoms with van der Waals surface area (Å²) in [4.78, 5) is 2.41. The highest BCUT2D eigenvalue weighted by atomic mass is 79.9. The maximum Gasteiger partial charge on any atom is 0.0425 e. The number of nitrogens with zero attached hydrogens (tertiary/aromatic N) is 1. The largest absolute Gasteiger partial charge is 0.369 e. The zero-order valence-electron chi connectivity index (χ0n) is 10.3. The molecule has 0 saturated heterocycles. The average Bonchev–Trinajstić information content (AvgIpc) is 2.25. The molecule has 0 aliphatic heterocycles. The fourth-order valence-corrected chi connectivity index (χ4v) is 2.43. The maximum absolute atomic E-state index is 5.83. The van der Waals surface area contributed by atoms with Gasteiger partial charge in [0.05, 0.1) is 0 Å². The Morgan fingerprint density at radius 1 is 1.38 bits per heavy atom. The van der Waals surface area contributed by atoms with Crippen LogP contribution in [-0.2, 0) is 6.54 Å². The first-order valence-electron chi connectivity index (χ1n) is 5.85. The van der Waals surface area contributed by atoms with E-state index in [0.29, 0.717) is 12.6 Å².